The van der Waals surface area contributed by atoms with Gasteiger partial charge in [-0.25, -0.2) is 4.79 Å². The van der Waals surface area contributed by atoms with Crippen LogP contribution >= 0.6 is 0 Å². The Morgan fingerprint density at radius 3 is 1.86 bits per heavy atom. The van der Waals surface area contributed by atoms with E-state index in [-0.39, 0.29) is 0 Å². The first-order valence-electron chi connectivity index (χ1n) is 13.8. The maximum atomic E-state index is 12.7. The van der Waals surface area contributed by atoms with Gasteiger partial charge in [0, 0.05) is 22.8 Å². The van der Waals surface area contributed by atoms with E-state index in [0.29, 0.717) is 0 Å². The molecule has 0 saturated heterocycles. The lowest BCUT2D eigenvalue weighted by Gasteiger charge is -2.17. The van der Waals surface area contributed by atoms with Gasteiger partial charge in [0.15, 0.2) is 6.04 Å². The van der Waals surface area contributed by atoms with Gasteiger partial charge in [0.1, 0.15) is 11.5 Å². The fraction of sp³-hybridized carbons (Fsp3) is 0.0556. The molecule has 6 heteroatoms. The van der Waals surface area contributed by atoms with Crippen molar-refractivity contribution in [2.24, 2.45) is 4.99 Å². The van der Waals surface area contributed by atoms with Crippen LogP contribution in [0.2, 0.25) is 0 Å². The molecule has 0 aromatic heterocycles. The summed E-state index contributed by atoms with van der Waals surface area (Å²) in [5, 5.41) is 4.44. The fourth-order valence-corrected chi connectivity index (χ4v) is 5.62. The van der Waals surface area contributed by atoms with Gasteiger partial charge in [-0.1, -0.05) is 115 Å². The second-order valence-corrected chi connectivity index (χ2v) is 10.1. The minimum absolute atomic E-state index is 0.432. The molecule has 1 atom stereocenters. The van der Waals surface area contributed by atoms with Crippen molar-refractivity contribution in [1.82, 2.24) is 0 Å². The third-order valence-electron chi connectivity index (χ3n) is 7.65. The molecule has 0 fully saturated rings. The highest BCUT2D eigenvalue weighted by atomic mass is 16.6. The Kier molecular flexibility index (Phi) is 6.65. The monoisotopic (exact) mass is 547 g/mol. The topological polar surface area (TPSA) is 57.1 Å². The van der Waals surface area contributed by atoms with E-state index in [2.05, 4.69) is 41.4 Å². The van der Waals surface area contributed by atoms with Gasteiger partial charge in [-0.3, -0.25) is 4.99 Å². The van der Waals surface area contributed by atoms with Gasteiger partial charge in [0.25, 0.3) is 0 Å². The molecule has 0 spiro atoms. The largest absolute Gasteiger partial charge is 0.633 e. The van der Waals surface area contributed by atoms with Gasteiger partial charge in [-0.2, -0.15) is 0 Å². The molecule has 1 aliphatic rings. The van der Waals surface area contributed by atoms with Gasteiger partial charge in [0.2, 0.25) is 0 Å². The Labute approximate surface area is 244 Å². The third-order valence-corrected chi connectivity index (χ3v) is 7.65. The number of carbonyl (C=O) groups is 1. The van der Waals surface area contributed by atoms with Gasteiger partial charge in [-0.05, 0) is 44.8 Å². The summed E-state index contributed by atoms with van der Waals surface area (Å²) in [6, 6.07) is 41.2. The van der Waals surface area contributed by atoms with Crippen molar-refractivity contribution in [2.75, 3.05) is 7.11 Å². The van der Waals surface area contributed by atoms with E-state index in [1.807, 2.05) is 91.0 Å². The van der Waals surface area contributed by atoms with Crippen LogP contribution < -0.4 is 14.8 Å². The molecule has 0 bridgehead atoms. The lowest BCUT2D eigenvalue weighted by molar-refractivity contribution is -0.142. The molecular formula is C36H26BNO4. The SMILES string of the molecule is COC(=O)[C@@H](N=Cc1ccccc1B1Oc2ccc3ccccc3c2-c2c(ccc3ccccc23)O1)c1ccccc1. The third kappa shape index (κ3) is 4.57. The van der Waals surface area contributed by atoms with Gasteiger partial charge < -0.3 is 14.0 Å². The zero-order valence-corrected chi connectivity index (χ0v) is 22.9. The molecule has 0 radical (unpaired) electrons. The summed E-state index contributed by atoms with van der Waals surface area (Å²) in [4.78, 5) is 17.3. The van der Waals surface area contributed by atoms with Crippen LogP contribution in [0.1, 0.15) is 17.2 Å². The average Bonchev–Trinajstić information content (AvgIpc) is 3.23. The van der Waals surface area contributed by atoms with E-state index in [1.165, 1.54) is 7.11 Å². The van der Waals surface area contributed by atoms with Crippen LogP contribution in [-0.4, -0.2) is 26.4 Å². The number of benzene rings is 6. The maximum Gasteiger partial charge on any atom is 0.633 e. The summed E-state index contributed by atoms with van der Waals surface area (Å²) in [5.74, 6) is 1.04. The van der Waals surface area contributed by atoms with Crippen molar-refractivity contribution in [1.29, 1.82) is 0 Å². The Hall–Kier alpha value is -5.36. The molecule has 5 nitrogen and oxygen atoms in total. The van der Waals surface area contributed by atoms with Gasteiger partial charge in [-0.15, -0.1) is 0 Å². The Morgan fingerprint density at radius 1 is 0.690 bits per heavy atom. The molecule has 42 heavy (non-hydrogen) atoms. The maximum absolute atomic E-state index is 12.7. The van der Waals surface area contributed by atoms with E-state index in [0.717, 1.165) is 60.8 Å². The number of hydrogen-bond donors (Lipinski definition) is 0. The van der Waals surface area contributed by atoms with Crippen LogP contribution in [0.3, 0.4) is 0 Å². The molecular weight excluding hydrogens is 521 g/mol. The Balaban J connectivity index is 1.37. The smallest absolute Gasteiger partial charge is 0.521 e. The number of ether oxygens (including phenoxy) is 1. The summed E-state index contributed by atoms with van der Waals surface area (Å²) < 4.78 is 18.5. The molecule has 0 amide bonds. The number of rotatable bonds is 5. The average molecular weight is 547 g/mol. The summed E-state index contributed by atoms with van der Waals surface area (Å²) in [5.41, 5.74) is 4.32. The van der Waals surface area contributed by atoms with Gasteiger partial charge in [0.05, 0.1) is 7.11 Å². The molecule has 7 rings (SSSR count). The number of esters is 1. The quantitative estimate of drug-likeness (QED) is 0.131. The molecule has 6 aromatic carbocycles. The first kappa shape index (κ1) is 25.6. The zero-order chi connectivity index (χ0) is 28.5. The van der Waals surface area contributed by atoms with Crippen molar-refractivity contribution >= 4 is 46.3 Å². The van der Waals surface area contributed by atoms with Gasteiger partial charge >= 0.3 is 13.1 Å². The zero-order valence-electron chi connectivity index (χ0n) is 22.9. The number of carbonyl (C=O) groups excluding carboxylic acids is 1. The number of fused-ring (bicyclic) bond motifs is 7. The highest BCUT2D eigenvalue weighted by Crippen LogP contribution is 2.47. The van der Waals surface area contributed by atoms with Crippen molar-refractivity contribution in [3.05, 3.63) is 139 Å². The van der Waals surface area contributed by atoms with E-state index >= 15 is 0 Å². The van der Waals surface area contributed by atoms with Crippen molar-refractivity contribution in [2.45, 2.75) is 6.04 Å². The second kappa shape index (κ2) is 10.9. The molecule has 0 unspecified atom stereocenters. The predicted molar refractivity (Wildman–Crippen MR) is 169 cm³/mol. The van der Waals surface area contributed by atoms with E-state index < -0.39 is 19.1 Å². The molecule has 0 aliphatic carbocycles. The Morgan fingerprint density at radius 2 is 1.24 bits per heavy atom. The molecule has 6 aromatic rings. The molecule has 0 saturated carbocycles. The highest BCUT2D eigenvalue weighted by molar-refractivity contribution is 6.64. The van der Waals surface area contributed by atoms with Crippen LogP contribution in [0.4, 0.5) is 0 Å². The molecule has 0 N–H and O–H groups in total. The summed E-state index contributed by atoms with van der Waals surface area (Å²) >= 11 is 0. The van der Waals surface area contributed by atoms with Crippen LogP contribution in [0, 0.1) is 0 Å². The number of aliphatic imine (C=N–C) groups is 1. The lowest BCUT2D eigenvalue weighted by Crippen LogP contribution is -2.44. The van der Waals surface area contributed by atoms with Crippen molar-refractivity contribution < 1.29 is 18.8 Å². The second-order valence-electron chi connectivity index (χ2n) is 10.1. The number of hydrogen-bond acceptors (Lipinski definition) is 5. The first-order valence-corrected chi connectivity index (χ1v) is 13.8. The highest BCUT2D eigenvalue weighted by Gasteiger charge is 2.35. The predicted octanol–water partition coefficient (Wildman–Crippen LogP) is 7.16. The molecule has 202 valence electrons. The summed E-state index contributed by atoms with van der Waals surface area (Å²) in [7, 11) is 0.611. The minimum atomic E-state index is -0.792. The van der Waals surface area contributed by atoms with Crippen molar-refractivity contribution in [3.8, 4) is 22.6 Å². The summed E-state index contributed by atoms with van der Waals surface area (Å²) in [6.07, 6.45) is 1.70. The minimum Gasteiger partial charge on any atom is -0.521 e. The first-order chi connectivity index (χ1) is 20.7. The number of methoxy groups -OCH3 is 1. The van der Waals surface area contributed by atoms with Crippen LogP contribution in [0.5, 0.6) is 11.5 Å². The molecule has 1 heterocycles. The lowest BCUT2D eigenvalue weighted by atomic mass is 9.75. The van der Waals surface area contributed by atoms with E-state index in [9.17, 15) is 4.79 Å². The van der Waals surface area contributed by atoms with E-state index in [4.69, 9.17) is 14.0 Å². The van der Waals surface area contributed by atoms with E-state index in [1.54, 1.807) is 6.21 Å². The van der Waals surface area contributed by atoms with Crippen LogP contribution in [-0.2, 0) is 9.53 Å². The normalized spacial score (nSPS) is 13.1. The number of nitrogens with zero attached hydrogens (tertiary/aromatic N) is 1. The molecule has 1 aliphatic heterocycles. The fourth-order valence-electron chi connectivity index (χ4n) is 5.62. The van der Waals surface area contributed by atoms with Crippen LogP contribution in [0.15, 0.2) is 132 Å². The Bertz CT molecular complexity index is 1880. The van der Waals surface area contributed by atoms with Crippen LogP contribution in [0.25, 0.3) is 32.7 Å². The van der Waals surface area contributed by atoms with Crippen molar-refractivity contribution in [3.63, 3.8) is 0 Å². The summed E-state index contributed by atoms with van der Waals surface area (Å²) in [6.45, 7) is 0. The standard InChI is InChI=1S/C36H26BNO4/c1-40-36(39)35(26-13-3-2-4-14-26)38-23-27-15-7-10-18-30(27)37-41-31-21-19-24-11-5-8-16-28(24)33(31)34-29-17-9-6-12-25(29)20-22-32(34)42-37/h2-23,35H,1H3/t35-/m0/s1.